The Balaban J connectivity index is 2.06. The number of halogens is 1. The van der Waals surface area contributed by atoms with Crippen molar-refractivity contribution >= 4 is 21.6 Å². The van der Waals surface area contributed by atoms with Crippen LogP contribution >= 0.6 is 11.6 Å². The summed E-state index contributed by atoms with van der Waals surface area (Å²) in [4.78, 5) is 0.106. The molecule has 0 bridgehead atoms. The van der Waals surface area contributed by atoms with Crippen LogP contribution in [0.1, 0.15) is 16.7 Å². The van der Waals surface area contributed by atoms with Crippen LogP contribution in [0.25, 0.3) is 0 Å². The van der Waals surface area contributed by atoms with E-state index in [9.17, 15) is 8.42 Å². The highest BCUT2D eigenvalue weighted by Crippen LogP contribution is 2.35. The second-order valence-corrected chi connectivity index (χ2v) is 8.94. The number of hydrogen-bond donors (Lipinski definition) is 1. The van der Waals surface area contributed by atoms with Gasteiger partial charge in [0.25, 0.3) is 0 Å². The van der Waals surface area contributed by atoms with Crippen molar-refractivity contribution in [3.63, 3.8) is 0 Å². The van der Waals surface area contributed by atoms with Crippen LogP contribution in [-0.4, -0.2) is 38.9 Å². The Hall–Kier alpha value is -1.60. The number of benzene rings is 2. The summed E-state index contributed by atoms with van der Waals surface area (Å²) in [5.41, 5.74) is 2.87. The average Bonchev–Trinajstić information content (AvgIpc) is 2.57. The van der Waals surface area contributed by atoms with E-state index in [2.05, 4.69) is 5.32 Å². The van der Waals surface area contributed by atoms with Gasteiger partial charge in [-0.15, -0.1) is 0 Å². The van der Waals surface area contributed by atoms with Crippen LogP contribution in [0.3, 0.4) is 0 Å². The van der Waals surface area contributed by atoms with Crippen molar-refractivity contribution in [2.75, 3.05) is 26.2 Å². The molecule has 0 unspecified atom stereocenters. The van der Waals surface area contributed by atoms with Crippen molar-refractivity contribution in [3.8, 4) is 11.5 Å². The number of ether oxygens (including phenoxy) is 1. The SMILES string of the molecule is Cc1cc(C)cc(Oc2cc(C)c(Cl)cc2S(=O)(=O)N2CCNCC2)c1. The van der Waals surface area contributed by atoms with Gasteiger partial charge in [-0.1, -0.05) is 17.7 Å². The fraction of sp³-hybridized carbons (Fsp3) is 0.368. The van der Waals surface area contributed by atoms with E-state index >= 15 is 0 Å². The van der Waals surface area contributed by atoms with Crippen molar-refractivity contribution in [2.24, 2.45) is 0 Å². The molecule has 1 aliphatic heterocycles. The Morgan fingerprint density at radius 3 is 2.23 bits per heavy atom. The molecule has 2 aromatic rings. The number of rotatable bonds is 4. The Morgan fingerprint density at radius 2 is 1.62 bits per heavy atom. The van der Waals surface area contributed by atoms with E-state index in [4.69, 9.17) is 16.3 Å². The largest absolute Gasteiger partial charge is 0.456 e. The molecule has 1 heterocycles. The molecule has 0 amide bonds. The minimum absolute atomic E-state index is 0.106. The molecule has 0 radical (unpaired) electrons. The molecule has 1 saturated heterocycles. The zero-order valence-electron chi connectivity index (χ0n) is 15.2. The van der Waals surface area contributed by atoms with Gasteiger partial charge >= 0.3 is 0 Å². The molecule has 1 aliphatic rings. The molecule has 0 aliphatic carbocycles. The lowest BCUT2D eigenvalue weighted by molar-refractivity contribution is 0.358. The van der Waals surface area contributed by atoms with Gasteiger partial charge in [0.15, 0.2) is 0 Å². The van der Waals surface area contributed by atoms with Crippen LogP contribution in [0, 0.1) is 20.8 Å². The number of sulfonamides is 1. The smallest absolute Gasteiger partial charge is 0.246 e. The summed E-state index contributed by atoms with van der Waals surface area (Å²) in [6.45, 7) is 7.90. The molecule has 3 rings (SSSR count). The summed E-state index contributed by atoms with van der Waals surface area (Å²) in [6, 6.07) is 9.00. The molecular formula is C19H23ClN2O3S. The van der Waals surface area contributed by atoms with Gasteiger partial charge in [0, 0.05) is 31.2 Å². The molecule has 5 nitrogen and oxygen atoms in total. The predicted octanol–water partition coefficient (Wildman–Crippen LogP) is 3.65. The molecule has 1 fully saturated rings. The molecule has 140 valence electrons. The first-order valence-corrected chi connectivity index (χ1v) is 10.4. The Kier molecular flexibility index (Phi) is 5.58. The van der Waals surface area contributed by atoms with Crippen LogP contribution in [0.5, 0.6) is 11.5 Å². The molecule has 0 saturated carbocycles. The maximum Gasteiger partial charge on any atom is 0.246 e. The minimum Gasteiger partial charge on any atom is -0.456 e. The summed E-state index contributed by atoms with van der Waals surface area (Å²) in [5.74, 6) is 0.913. The monoisotopic (exact) mass is 394 g/mol. The van der Waals surface area contributed by atoms with E-state index in [0.717, 1.165) is 16.7 Å². The number of nitrogens with zero attached hydrogens (tertiary/aromatic N) is 1. The molecule has 2 aromatic carbocycles. The van der Waals surface area contributed by atoms with E-state index in [-0.39, 0.29) is 4.90 Å². The highest BCUT2D eigenvalue weighted by atomic mass is 35.5. The van der Waals surface area contributed by atoms with Gasteiger partial charge in [0.1, 0.15) is 16.4 Å². The second kappa shape index (κ2) is 7.56. The quantitative estimate of drug-likeness (QED) is 0.859. The average molecular weight is 395 g/mol. The highest BCUT2D eigenvalue weighted by Gasteiger charge is 2.30. The van der Waals surface area contributed by atoms with Crippen molar-refractivity contribution in [3.05, 3.63) is 52.0 Å². The summed E-state index contributed by atoms with van der Waals surface area (Å²) in [7, 11) is -3.69. The van der Waals surface area contributed by atoms with Gasteiger partial charge in [-0.3, -0.25) is 0 Å². The Labute approximate surface area is 160 Å². The van der Waals surface area contributed by atoms with Crippen LogP contribution in [0.4, 0.5) is 0 Å². The van der Waals surface area contributed by atoms with E-state index in [1.165, 1.54) is 10.4 Å². The van der Waals surface area contributed by atoms with Gasteiger partial charge < -0.3 is 10.1 Å². The highest BCUT2D eigenvalue weighted by molar-refractivity contribution is 7.89. The lowest BCUT2D eigenvalue weighted by atomic mass is 10.1. The zero-order valence-corrected chi connectivity index (χ0v) is 16.7. The third-order valence-corrected chi connectivity index (χ3v) is 6.67. The Bertz CT molecular complexity index is 902. The normalized spacial score (nSPS) is 15.8. The van der Waals surface area contributed by atoms with Gasteiger partial charge in [0.05, 0.1) is 0 Å². The zero-order chi connectivity index (χ0) is 18.9. The van der Waals surface area contributed by atoms with Crippen LogP contribution in [-0.2, 0) is 10.0 Å². The predicted molar refractivity (Wildman–Crippen MR) is 104 cm³/mol. The van der Waals surface area contributed by atoms with Crippen LogP contribution < -0.4 is 10.1 Å². The fourth-order valence-electron chi connectivity index (χ4n) is 3.06. The van der Waals surface area contributed by atoms with Gasteiger partial charge in [-0.25, -0.2) is 8.42 Å². The van der Waals surface area contributed by atoms with E-state index in [1.807, 2.05) is 39.0 Å². The fourth-order valence-corrected chi connectivity index (χ4v) is 4.85. The third kappa shape index (κ3) is 4.04. The number of nitrogens with one attached hydrogen (secondary N) is 1. The number of hydrogen-bond acceptors (Lipinski definition) is 4. The van der Waals surface area contributed by atoms with Crippen LogP contribution in [0.15, 0.2) is 35.2 Å². The van der Waals surface area contributed by atoms with Crippen molar-refractivity contribution in [1.29, 1.82) is 0 Å². The first-order valence-electron chi connectivity index (χ1n) is 8.54. The topological polar surface area (TPSA) is 58.6 Å². The number of aryl methyl sites for hydroxylation is 3. The van der Waals surface area contributed by atoms with Crippen molar-refractivity contribution in [1.82, 2.24) is 9.62 Å². The molecule has 0 spiro atoms. The maximum atomic E-state index is 13.2. The second-order valence-electron chi connectivity index (χ2n) is 6.63. The molecule has 1 N–H and O–H groups in total. The minimum atomic E-state index is -3.69. The molecule has 7 heteroatoms. The summed E-state index contributed by atoms with van der Waals surface area (Å²) in [5, 5.41) is 3.57. The lowest BCUT2D eigenvalue weighted by Gasteiger charge is -2.27. The summed E-state index contributed by atoms with van der Waals surface area (Å²) in [6.07, 6.45) is 0. The molecule has 0 aromatic heterocycles. The molecule has 26 heavy (non-hydrogen) atoms. The van der Waals surface area contributed by atoms with Gasteiger partial charge in [-0.2, -0.15) is 4.31 Å². The van der Waals surface area contributed by atoms with Gasteiger partial charge in [0.2, 0.25) is 10.0 Å². The first kappa shape index (κ1) is 19.2. The first-order chi connectivity index (χ1) is 12.3. The molecule has 0 atom stereocenters. The summed E-state index contributed by atoms with van der Waals surface area (Å²) < 4.78 is 33.8. The van der Waals surface area contributed by atoms with Crippen molar-refractivity contribution in [2.45, 2.75) is 25.7 Å². The van der Waals surface area contributed by atoms with E-state index in [1.54, 1.807) is 6.07 Å². The van der Waals surface area contributed by atoms with Crippen LogP contribution in [0.2, 0.25) is 5.02 Å². The third-order valence-electron chi connectivity index (χ3n) is 4.34. The number of piperazine rings is 1. The van der Waals surface area contributed by atoms with Gasteiger partial charge in [-0.05, 0) is 61.7 Å². The standard InChI is InChI=1S/C19H23ClN2O3S/c1-13-8-14(2)10-16(9-13)25-18-11-15(3)17(20)12-19(18)26(23,24)22-6-4-21-5-7-22/h8-12,21H,4-7H2,1-3H3. The summed E-state index contributed by atoms with van der Waals surface area (Å²) >= 11 is 6.23. The lowest BCUT2D eigenvalue weighted by Crippen LogP contribution is -2.46. The van der Waals surface area contributed by atoms with Crippen molar-refractivity contribution < 1.29 is 13.2 Å². The maximum absolute atomic E-state index is 13.2. The van der Waals surface area contributed by atoms with E-state index in [0.29, 0.717) is 42.7 Å². The van der Waals surface area contributed by atoms with E-state index < -0.39 is 10.0 Å². The Morgan fingerprint density at radius 1 is 1.00 bits per heavy atom. The molecular weight excluding hydrogens is 372 g/mol.